The lowest BCUT2D eigenvalue weighted by atomic mass is 9.87. The van der Waals surface area contributed by atoms with Gasteiger partial charge in [0.25, 0.3) is 0 Å². The van der Waals surface area contributed by atoms with Gasteiger partial charge < -0.3 is 10.5 Å². The van der Waals surface area contributed by atoms with Crippen LogP contribution < -0.4 is 5.73 Å². The third kappa shape index (κ3) is 4.22. The summed E-state index contributed by atoms with van der Waals surface area (Å²) >= 11 is 5.55. The molecule has 1 atom stereocenters. The fourth-order valence-corrected chi connectivity index (χ4v) is 2.57. The van der Waals surface area contributed by atoms with Gasteiger partial charge in [-0.2, -0.15) is 13.2 Å². The molecule has 0 amide bonds. The van der Waals surface area contributed by atoms with Gasteiger partial charge in [-0.1, -0.05) is 11.6 Å². The normalized spacial score (nSPS) is 18.2. The molecule has 0 spiro atoms. The van der Waals surface area contributed by atoms with E-state index in [1.165, 1.54) is 0 Å². The number of nitrogens with two attached hydrogens (primary N) is 1. The molecule has 0 saturated carbocycles. The van der Waals surface area contributed by atoms with Crippen LogP contribution in [0.25, 0.3) is 0 Å². The average Bonchev–Trinajstić information content (AvgIpc) is 2.40. The van der Waals surface area contributed by atoms with Crippen LogP contribution in [-0.4, -0.2) is 13.2 Å². The highest BCUT2D eigenvalue weighted by Crippen LogP contribution is 2.37. The number of hydrogen-bond donors (Lipinski definition) is 1. The molecule has 1 fully saturated rings. The molecule has 21 heavy (non-hydrogen) atoms. The van der Waals surface area contributed by atoms with Crippen LogP contribution >= 0.6 is 24.0 Å². The van der Waals surface area contributed by atoms with Gasteiger partial charge in [-0.25, -0.2) is 4.39 Å². The van der Waals surface area contributed by atoms with Gasteiger partial charge in [0.2, 0.25) is 0 Å². The third-order valence-corrected chi connectivity index (χ3v) is 3.79. The number of benzene rings is 1. The fourth-order valence-electron chi connectivity index (χ4n) is 2.35. The summed E-state index contributed by atoms with van der Waals surface area (Å²) in [6.45, 7) is 0.958. The first kappa shape index (κ1) is 18.5. The molecule has 1 heterocycles. The minimum Gasteiger partial charge on any atom is -0.381 e. The zero-order valence-electron chi connectivity index (χ0n) is 10.9. The standard InChI is InChI=1S/C13H14ClF4NO.ClH/c14-10-6-8(13(16,17)18)5-9(11(10)15)12(19)7-1-3-20-4-2-7;/h5-7,12H,1-4,19H2;1H/t12-;/m1./s1. The SMILES string of the molecule is Cl.N[C@@H](c1cc(C(F)(F)F)cc(Cl)c1F)C1CCOCC1. The van der Waals surface area contributed by atoms with Gasteiger partial charge in [-0.15, -0.1) is 12.4 Å². The molecule has 1 aromatic carbocycles. The van der Waals surface area contributed by atoms with Crippen LogP contribution in [0.15, 0.2) is 12.1 Å². The second-order valence-corrected chi connectivity index (χ2v) is 5.24. The van der Waals surface area contributed by atoms with Gasteiger partial charge in [0.1, 0.15) is 5.82 Å². The molecular weight excluding hydrogens is 333 g/mol. The van der Waals surface area contributed by atoms with Gasteiger partial charge >= 0.3 is 6.18 Å². The Morgan fingerprint density at radius 2 is 1.81 bits per heavy atom. The molecule has 0 aliphatic carbocycles. The highest BCUT2D eigenvalue weighted by molar-refractivity contribution is 6.30. The summed E-state index contributed by atoms with van der Waals surface area (Å²) in [6, 6.07) is 0.511. The van der Waals surface area contributed by atoms with Crippen LogP contribution in [0, 0.1) is 11.7 Å². The van der Waals surface area contributed by atoms with Crippen molar-refractivity contribution >= 4 is 24.0 Å². The van der Waals surface area contributed by atoms with E-state index in [0.29, 0.717) is 32.1 Å². The number of alkyl halides is 3. The summed E-state index contributed by atoms with van der Waals surface area (Å²) in [5, 5.41) is -0.558. The topological polar surface area (TPSA) is 35.2 Å². The molecule has 8 heteroatoms. The molecule has 1 saturated heterocycles. The Balaban J connectivity index is 0.00000220. The molecule has 2 N–H and O–H groups in total. The van der Waals surface area contributed by atoms with Crippen LogP contribution in [-0.2, 0) is 10.9 Å². The first-order chi connectivity index (χ1) is 9.30. The number of hydrogen-bond acceptors (Lipinski definition) is 2. The van der Waals surface area contributed by atoms with Crippen LogP contribution in [0.4, 0.5) is 17.6 Å². The van der Waals surface area contributed by atoms with E-state index in [9.17, 15) is 17.6 Å². The molecule has 1 aliphatic rings. The van der Waals surface area contributed by atoms with Crippen molar-refractivity contribution in [3.8, 4) is 0 Å². The van der Waals surface area contributed by atoms with E-state index >= 15 is 0 Å². The summed E-state index contributed by atoms with van der Waals surface area (Å²) in [7, 11) is 0. The fraction of sp³-hybridized carbons (Fsp3) is 0.538. The van der Waals surface area contributed by atoms with Gasteiger partial charge in [0.05, 0.1) is 10.6 Å². The monoisotopic (exact) mass is 347 g/mol. The Kier molecular flexibility index (Phi) is 6.28. The minimum atomic E-state index is -4.58. The van der Waals surface area contributed by atoms with Crippen molar-refractivity contribution in [2.75, 3.05) is 13.2 Å². The smallest absolute Gasteiger partial charge is 0.381 e. The maximum atomic E-state index is 14.0. The third-order valence-electron chi connectivity index (χ3n) is 3.52. The lowest BCUT2D eigenvalue weighted by molar-refractivity contribution is -0.137. The second-order valence-electron chi connectivity index (χ2n) is 4.83. The van der Waals surface area contributed by atoms with Crippen LogP contribution in [0.5, 0.6) is 0 Å². The lowest BCUT2D eigenvalue weighted by Crippen LogP contribution is -2.28. The summed E-state index contributed by atoms with van der Waals surface area (Å²) in [6.07, 6.45) is -3.40. The molecule has 0 unspecified atom stereocenters. The van der Waals surface area contributed by atoms with Gasteiger partial charge in [0.15, 0.2) is 0 Å². The molecule has 120 valence electrons. The minimum absolute atomic E-state index is 0. The summed E-state index contributed by atoms with van der Waals surface area (Å²) < 4.78 is 57.4. The summed E-state index contributed by atoms with van der Waals surface area (Å²) in [4.78, 5) is 0. The Morgan fingerprint density at radius 3 is 2.33 bits per heavy atom. The Bertz CT molecular complexity index is 490. The Morgan fingerprint density at radius 1 is 1.24 bits per heavy atom. The number of halogens is 6. The van der Waals surface area contributed by atoms with Crippen molar-refractivity contribution in [1.82, 2.24) is 0 Å². The molecule has 0 bridgehead atoms. The van der Waals surface area contributed by atoms with Crippen LogP contribution in [0.1, 0.15) is 30.0 Å². The van der Waals surface area contributed by atoms with Crippen molar-refractivity contribution < 1.29 is 22.3 Å². The maximum absolute atomic E-state index is 14.0. The Hall–Kier alpha value is -0.560. The maximum Gasteiger partial charge on any atom is 0.416 e. The summed E-state index contributed by atoms with van der Waals surface area (Å²) in [5.41, 5.74) is 4.76. The van der Waals surface area contributed by atoms with E-state index < -0.39 is 28.6 Å². The van der Waals surface area contributed by atoms with Crippen molar-refractivity contribution in [1.29, 1.82) is 0 Å². The zero-order chi connectivity index (χ0) is 14.9. The van der Waals surface area contributed by atoms with Gasteiger partial charge in [0, 0.05) is 24.8 Å². The number of ether oxygens (including phenoxy) is 1. The molecule has 1 aromatic rings. The van der Waals surface area contributed by atoms with E-state index in [0.717, 1.165) is 6.07 Å². The zero-order valence-corrected chi connectivity index (χ0v) is 12.5. The van der Waals surface area contributed by atoms with Crippen LogP contribution in [0.2, 0.25) is 5.02 Å². The first-order valence-corrected chi connectivity index (χ1v) is 6.58. The molecule has 0 aromatic heterocycles. The number of rotatable bonds is 2. The molecule has 2 rings (SSSR count). The van der Waals surface area contributed by atoms with Crippen molar-refractivity contribution in [2.24, 2.45) is 11.7 Å². The van der Waals surface area contributed by atoms with E-state index in [1.807, 2.05) is 0 Å². The lowest BCUT2D eigenvalue weighted by Gasteiger charge is -2.28. The molecule has 1 aliphatic heterocycles. The highest BCUT2D eigenvalue weighted by Gasteiger charge is 2.34. The van der Waals surface area contributed by atoms with Crippen LogP contribution in [0.3, 0.4) is 0 Å². The Labute approximate surface area is 131 Å². The van der Waals surface area contributed by atoms with Gasteiger partial charge in [-0.05, 0) is 30.9 Å². The largest absolute Gasteiger partial charge is 0.416 e. The van der Waals surface area contributed by atoms with Crippen molar-refractivity contribution in [3.05, 3.63) is 34.1 Å². The summed E-state index contributed by atoms with van der Waals surface area (Å²) in [5.74, 6) is -0.989. The predicted octanol–water partition coefficient (Wildman–Crippen LogP) is 4.35. The highest BCUT2D eigenvalue weighted by atomic mass is 35.5. The predicted molar refractivity (Wildman–Crippen MR) is 74.1 cm³/mol. The van der Waals surface area contributed by atoms with E-state index in [-0.39, 0.29) is 23.9 Å². The second kappa shape index (κ2) is 7.13. The first-order valence-electron chi connectivity index (χ1n) is 6.20. The molecular formula is C13H15Cl2F4NO. The van der Waals surface area contributed by atoms with E-state index in [1.54, 1.807) is 0 Å². The van der Waals surface area contributed by atoms with Crippen molar-refractivity contribution in [3.63, 3.8) is 0 Å². The quantitative estimate of drug-likeness (QED) is 0.807. The molecule has 0 radical (unpaired) electrons. The molecule has 2 nitrogen and oxygen atoms in total. The average molecular weight is 348 g/mol. The van der Waals surface area contributed by atoms with E-state index in [4.69, 9.17) is 22.1 Å². The van der Waals surface area contributed by atoms with Crippen molar-refractivity contribution in [2.45, 2.75) is 25.1 Å². The van der Waals surface area contributed by atoms with Gasteiger partial charge in [-0.3, -0.25) is 0 Å². The van der Waals surface area contributed by atoms with E-state index in [2.05, 4.69) is 0 Å².